The van der Waals surface area contributed by atoms with E-state index < -0.39 is 4.92 Å². The maximum atomic E-state index is 11.9. The molecule has 0 aliphatic carbocycles. The van der Waals surface area contributed by atoms with Crippen molar-refractivity contribution in [2.24, 2.45) is 0 Å². The van der Waals surface area contributed by atoms with Gasteiger partial charge in [0.15, 0.2) is 12.4 Å². The number of hydrogen-bond acceptors (Lipinski definition) is 4. The molecule has 2 heterocycles. The summed E-state index contributed by atoms with van der Waals surface area (Å²) in [5.74, 6) is 0.283. The Morgan fingerprint density at radius 1 is 1.53 bits per heavy atom. The minimum atomic E-state index is -0.517. The van der Waals surface area contributed by atoms with Crippen molar-refractivity contribution in [3.05, 3.63) is 22.1 Å². The first kappa shape index (κ1) is 11.6. The molecule has 7 heteroatoms. The van der Waals surface area contributed by atoms with Crippen molar-refractivity contribution in [2.75, 3.05) is 13.1 Å². The molecule has 1 saturated heterocycles. The fraction of sp³-hybridized carbons (Fsp3) is 0.600. The quantitative estimate of drug-likeness (QED) is 0.574. The fourth-order valence-corrected chi connectivity index (χ4v) is 2.00. The third-order valence-corrected chi connectivity index (χ3v) is 2.97. The van der Waals surface area contributed by atoms with Crippen LogP contribution in [0.1, 0.15) is 18.7 Å². The lowest BCUT2D eigenvalue weighted by molar-refractivity contribution is -0.392. The van der Waals surface area contributed by atoms with Gasteiger partial charge >= 0.3 is 5.82 Å². The fourth-order valence-electron chi connectivity index (χ4n) is 2.00. The number of imidazole rings is 1. The van der Waals surface area contributed by atoms with Crippen LogP contribution in [0.2, 0.25) is 0 Å². The SMILES string of the molecule is Cc1ncc([N+](=O)[O-])n1CC(=O)N1CCCC1. The van der Waals surface area contributed by atoms with Gasteiger partial charge in [-0.15, -0.1) is 0 Å². The average molecular weight is 238 g/mol. The number of amides is 1. The maximum Gasteiger partial charge on any atom is 0.343 e. The van der Waals surface area contributed by atoms with Crippen molar-refractivity contribution in [3.8, 4) is 0 Å². The Kier molecular flexibility index (Phi) is 3.08. The van der Waals surface area contributed by atoms with E-state index in [4.69, 9.17) is 0 Å². The van der Waals surface area contributed by atoms with Crippen molar-refractivity contribution in [2.45, 2.75) is 26.3 Å². The van der Waals surface area contributed by atoms with Gasteiger partial charge in [0, 0.05) is 20.0 Å². The zero-order chi connectivity index (χ0) is 12.4. The number of hydrogen-bond donors (Lipinski definition) is 0. The Hall–Kier alpha value is -1.92. The third-order valence-electron chi connectivity index (χ3n) is 2.97. The molecule has 0 radical (unpaired) electrons. The smallest absolute Gasteiger partial charge is 0.343 e. The summed E-state index contributed by atoms with van der Waals surface area (Å²) < 4.78 is 1.35. The van der Waals surface area contributed by atoms with E-state index in [-0.39, 0.29) is 18.3 Å². The van der Waals surface area contributed by atoms with E-state index in [1.165, 1.54) is 10.8 Å². The minimum absolute atomic E-state index is 0.00213. The molecule has 1 aliphatic heterocycles. The average Bonchev–Trinajstić information content (AvgIpc) is 2.89. The summed E-state index contributed by atoms with van der Waals surface area (Å²) in [5.41, 5.74) is 0. The van der Waals surface area contributed by atoms with E-state index in [0.29, 0.717) is 5.82 Å². The molecule has 0 N–H and O–H groups in total. The second kappa shape index (κ2) is 4.52. The second-order valence-corrected chi connectivity index (χ2v) is 4.09. The number of carbonyl (C=O) groups excluding carboxylic acids is 1. The predicted molar refractivity (Wildman–Crippen MR) is 59.4 cm³/mol. The molecule has 92 valence electrons. The molecule has 0 saturated carbocycles. The van der Waals surface area contributed by atoms with Gasteiger partial charge in [0.2, 0.25) is 0 Å². The van der Waals surface area contributed by atoms with Crippen molar-refractivity contribution >= 4 is 11.7 Å². The van der Waals surface area contributed by atoms with Gasteiger partial charge in [-0.1, -0.05) is 0 Å². The van der Waals surface area contributed by atoms with Crippen molar-refractivity contribution < 1.29 is 9.72 Å². The van der Waals surface area contributed by atoms with E-state index in [1.54, 1.807) is 11.8 Å². The lowest BCUT2D eigenvalue weighted by Crippen LogP contribution is -2.31. The minimum Gasteiger partial charge on any atom is -0.358 e. The lowest BCUT2D eigenvalue weighted by atomic mass is 10.4. The summed E-state index contributed by atoms with van der Waals surface area (Å²) >= 11 is 0. The Bertz CT molecular complexity index is 448. The van der Waals surface area contributed by atoms with Crippen LogP contribution >= 0.6 is 0 Å². The Balaban J connectivity index is 2.14. The molecule has 7 nitrogen and oxygen atoms in total. The van der Waals surface area contributed by atoms with Crippen LogP contribution in [0.3, 0.4) is 0 Å². The van der Waals surface area contributed by atoms with E-state index >= 15 is 0 Å². The monoisotopic (exact) mass is 238 g/mol. The van der Waals surface area contributed by atoms with Crippen LogP contribution < -0.4 is 0 Å². The molecule has 0 bridgehead atoms. The highest BCUT2D eigenvalue weighted by molar-refractivity contribution is 5.76. The van der Waals surface area contributed by atoms with Gasteiger partial charge in [-0.3, -0.25) is 4.79 Å². The summed E-state index contributed by atoms with van der Waals surface area (Å²) in [6.07, 6.45) is 3.21. The number of aryl methyl sites for hydroxylation is 1. The lowest BCUT2D eigenvalue weighted by Gasteiger charge is -2.14. The molecule has 0 spiro atoms. The van der Waals surface area contributed by atoms with Crippen molar-refractivity contribution in [1.29, 1.82) is 0 Å². The van der Waals surface area contributed by atoms with Gasteiger partial charge in [0.25, 0.3) is 5.91 Å². The topological polar surface area (TPSA) is 81.3 Å². The number of rotatable bonds is 3. The standard InChI is InChI=1S/C10H14N4O3/c1-8-11-6-9(14(16)17)13(8)7-10(15)12-4-2-3-5-12/h6H,2-5,7H2,1H3. The number of nitrogens with zero attached hydrogens (tertiary/aromatic N) is 4. The van der Waals surface area contributed by atoms with E-state index in [9.17, 15) is 14.9 Å². The summed E-state index contributed by atoms with van der Waals surface area (Å²) in [6, 6.07) is 0. The number of likely N-dealkylation sites (tertiary alicyclic amines) is 1. The number of aromatic nitrogens is 2. The van der Waals surface area contributed by atoms with Crippen LogP contribution in [0.4, 0.5) is 5.82 Å². The summed E-state index contributed by atoms with van der Waals surface area (Å²) in [7, 11) is 0. The number of nitro groups is 1. The maximum absolute atomic E-state index is 11.9. The molecule has 0 aromatic carbocycles. The molecular formula is C10H14N4O3. The Morgan fingerprint density at radius 2 is 2.18 bits per heavy atom. The first-order valence-corrected chi connectivity index (χ1v) is 5.54. The largest absolute Gasteiger partial charge is 0.358 e. The highest BCUT2D eigenvalue weighted by Crippen LogP contribution is 2.15. The van der Waals surface area contributed by atoms with Gasteiger partial charge in [0.05, 0.1) is 0 Å². The van der Waals surface area contributed by atoms with E-state index in [2.05, 4.69) is 4.98 Å². The van der Waals surface area contributed by atoms with Crippen molar-refractivity contribution in [3.63, 3.8) is 0 Å². The highest BCUT2D eigenvalue weighted by Gasteiger charge is 2.24. The molecular weight excluding hydrogens is 224 g/mol. The Labute approximate surface area is 98.2 Å². The molecule has 1 fully saturated rings. The highest BCUT2D eigenvalue weighted by atomic mass is 16.6. The molecule has 1 amide bonds. The van der Waals surface area contributed by atoms with Gasteiger partial charge in [-0.25, -0.2) is 9.55 Å². The predicted octanol–water partition coefficient (Wildman–Crippen LogP) is 0.722. The number of carbonyl (C=O) groups is 1. The molecule has 17 heavy (non-hydrogen) atoms. The molecule has 0 atom stereocenters. The van der Waals surface area contributed by atoms with Crippen LogP contribution in [0.5, 0.6) is 0 Å². The normalized spacial score (nSPS) is 15.2. The van der Waals surface area contributed by atoms with Gasteiger partial charge in [-0.2, -0.15) is 0 Å². The molecule has 1 aliphatic rings. The zero-order valence-electron chi connectivity index (χ0n) is 9.63. The van der Waals surface area contributed by atoms with E-state index in [1.807, 2.05) is 0 Å². The van der Waals surface area contributed by atoms with E-state index in [0.717, 1.165) is 25.9 Å². The van der Waals surface area contributed by atoms with Gasteiger partial charge in [-0.05, 0) is 17.8 Å². The van der Waals surface area contributed by atoms with Crippen LogP contribution in [0.15, 0.2) is 6.20 Å². The first-order valence-electron chi connectivity index (χ1n) is 5.54. The molecule has 1 aromatic rings. The molecule has 1 aromatic heterocycles. The van der Waals surface area contributed by atoms with Gasteiger partial charge in [0.1, 0.15) is 6.20 Å². The summed E-state index contributed by atoms with van der Waals surface area (Å²) in [6.45, 7) is 3.16. The van der Waals surface area contributed by atoms with Crippen LogP contribution in [-0.4, -0.2) is 38.4 Å². The molecule has 2 rings (SSSR count). The van der Waals surface area contributed by atoms with Crippen LogP contribution in [0.25, 0.3) is 0 Å². The Morgan fingerprint density at radius 3 is 2.76 bits per heavy atom. The summed E-state index contributed by atoms with van der Waals surface area (Å²) in [4.78, 5) is 27.7. The van der Waals surface area contributed by atoms with Crippen molar-refractivity contribution in [1.82, 2.24) is 14.5 Å². The molecule has 0 unspecified atom stereocenters. The first-order chi connectivity index (χ1) is 8.09. The van der Waals surface area contributed by atoms with Crippen LogP contribution in [-0.2, 0) is 11.3 Å². The summed E-state index contributed by atoms with van der Waals surface area (Å²) in [5, 5.41) is 10.8. The second-order valence-electron chi connectivity index (χ2n) is 4.09. The van der Waals surface area contributed by atoms with Gasteiger partial charge < -0.3 is 15.0 Å². The zero-order valence-corrected chi connectivity index (χ0v) is 9.63. The van der Waals surface area contributed by atoms with Crippen LogP contribution in [0, 0.1) is 17.0 Å². The third kappa shape index (κ3) is 2.27.